The predicted molar refractivity (Wildman–Crippen MR) is 86.9 cm³/mol. The molecule has 0 saturated carbocycles. The van der Waals surface area contributed by atoms with Gasteiger partial charge in [0.15, 0.2) is 0 Å². The van der Waals surface area contributed by atoms with Crippen molar-refractivity contribution < 1.29 is 9.63 Å². The molecule has 4 heteroatoms. The Hall–Kier alpha value is -2.62. The minimum Gasteiger partial charge on any atom is -0.382 e. The average Bonchev–Trinajstić information content (AvgIpc) is 3.06. The van der Waals surface area contributed by atoms with Crippen LogP contribution in [0.2, 0.25) is 0 Å². The van der Waals surface area contributed by atoms with Crippen LogP contribution >= 0.6 is 0 Å². The van der Waals surface area contributed by atoms with Gasteiger partial charge in [-0.25, -0.2) is 0 Å². The first-order valence-corrected chi connectivity index (χ1v) is 7.44. The zero-order valence-corrected chi connectivity index (χ0v) is 12.5. The van der Waals surface area contributed by atoms with Gasteiger partial charge in [0.25, 0.3) is 5.91 Å². The van der Waals surface area contributed by atoms with Crippen LogP contribution in [-0.4, -0.2) is 17.7 Å². The van der Waals surface area contributed by atoms with Gasteiger partial charge in [-0.1, -0.05) is 54.5 Å². The Morgan fingerprint density at radius 3 is 2.82 bits per heavy atom. The molecule has 0 saturated heterocycles. The zero-order valence-electron chi connectivity index (χ0n) is 12.5. The van der Waals surface area contributed by atoms with E-state index in [4.69, 9.17) is 4.84 Å². The third-order valence-electron chi connectivity index (χ3n) is 3.67. The molecule has 0 aliphatic carbocycles. The van der Waals surface area contributed by atoms with Gasteiger partial charge in [0, 0.05) is 12.1 Å². The normalized spacial score (nSPS) is 16.8. The number of oxime groups is 1. The Labute approximate surface area is 129 Å². The molecule has 2 aromatic carbocycles. The maximum atomic E-state index is 12.3. The van der Waals surface area contributed by atoms with Crippen molar-refractivity contribution in [2.75, 3.05) is 5.32 Å². The Kier molecular flexibility index (Phi) is 4.19. The molecule has 0 fully saturated rings. The SMILES string of the molecule is CCc1cccc(NC(=O)[C@H]2CC(c3ccccc3)=NO2)c1. The first-order valence-electron chi connectivity index (χ1n) is 7.44. The van der Waals surface area contributed by atoms with Crippen molar-refractivity contribution in [2.45, 2.75) is 25.9 Å². The molecule has 1 heterocycles. The largest absolute Gasteiger partial charge is 0.382 e. The molecule has 0 unspecified atom stereocenters. The molecule has 1 amide bonds. The molecule has 1 aliphatic rings. The number of hydrogen-bond acceptors (Lipinski definition) is 3. The molecule has 1 aliphatic heterocycles. The third kappa shape index (κ3) is 3.17. The van der Waals surface area contributed by atoms with Gasteiger partial charge in [0.05, 0.1) is 5.71 Å². The highest BCUT2D eigenvalue weighted by atomic mass is 16.6. The Morgan fingerprint density at radius 1 is 1.23 bits per heavy atom. The van der Waals surface area contributed by atoms with Crippen LogP contribution in [0.1, 0.15) is 24.5 Å². The number of nitrogens with zero attached hydrogens (tertiary/aromatic N) is 1. The molecular formula is C18H18N2O2. The second-order valence-corrected chi connectivity index (χ2v) is 5.25. The highest BCUT2D eigenvalue weighted by Crippen LogP contribution is 2.19. The van der Waals surface area contributed by atoms with Crippen LogP contribution in [0, 0.1) is 0 Å². The van der Waals surface area contributed by atoms with E-state index in [9.17, 15) is 4.79 Å². The summed E-state index contributed by atoms with van der Waals surface area (Å²) in [5.74, 6) is -0.164. The zero-order chi connectivity index (χ0) is 15.4. The lowest BCUT2D eigenvalue weighted by Gasteiger charge is -2.10. The maximum Gasteiger partial charge on any atom is 0.268 e. The average molecular weight is 294 g/mol. The second kappa shape index (κ2) is 6.43. The lowest BCUT2D eigenvalue weighted by molar-refractivity contribution is -0.125. The lowest BCUT2D eigenvalue weighted by atomic mass is 10.0. The van der Waals surface area contributed by atoms with Gasteiger partial charge in [-0.05, 0) is 29.7 Å². The van der Waals surface area contributed by atoms with Crippen molar-refractivity contribution >= 4 is 17.3 Å². The minimum atomic E-state index is -0.569. The molecule has 1 N–H and O–H groups in total. The highest BCUT2D eigenvalue weighted by Gasteiger charge is 2.28. The molecule has 112 valence electrons. The summed E-state index contributed by atoms with van der Waals surface area (Å²) in [7, 11) is 0. The number of aryl methyl sites for hydroxylation is 1. The number of carbonyl (C=O) groups excluding carboxylic acids is 1. The van der Waals surface area contributed by atoms with Crippen LogP contribution in [0.15, 0.2) is 59.8 Å². The number of carbonyl (C=O) groups is 1. The summed E-state index contributed by atoms with van der Waals surface area (Å²) in [6, 6.07) is 17.6. The number of rotatable bonds is 4. The third-order valence-corrected chi connectivity index (χ3v) is 3.67. The highest BCUT2D eigenvalue weighted by molar-refractivity contribution is 6.06. The summed E-state index contributed by atoms with van der Waals surface area (Å²) >= 11 is 0. The topological polar surface area (TPSA) is 50.7 Å². The minimum absolute atomic E-state index is 0.164. The Bertz CT molecular complexity index is 695. The fourth-order valence-electron chi connectivity index (χ4n) is 2.41. The van der Waals surface area contributed by atoms with E-state index in [1.54, 1.807) is 0 Å². The van der Waals surface area contributed by atoms with Gasteiger partial charge in [0.2, 0.25) is 6.10 Å². The molecule has 22 heavy (non-hydrogen) atoms. The van der Waals surface area contributed by atoms with Gasteiger partial charge < -0.3 is 10.2 Å². The van der Waals surface area contributed by atoms with Gasteiger partial charge in [-0.2, -0.15) is 0 Å². The summed E-state index contributed by atoms with van der Waals surface area (Å²) < 4.78 is 0. The van der Waals surface area contributed by atoms with Gasteiger partial charge in [0.1, 0.15) is 0 Å². The molecule has 2 aromatic rings. The Balaban J connectivity index is 1.63. The fourth-order valence-corrected chi connectivity index (χ4v) is 2.41. The van der Waals surface area contributed by atoms with Gasteiger partial charge in [-0.3, -0.25) is 4.79 Å². The van der Waals surface area contributed by atoms with E-state index in [0.717, 1.165) is 23.4 Å². The van der Waals surface area contributed by atoms with E-state index in [2.05, 4.69) is 17.4 Å². The van der Waals surface area contributed by atoms with Gasteiger partial charge in [-0.15, -0.1) is 0 Å². The van der Waals surface area contributed by atoms with E-state index < -0.39 is 6.10 Å². The molecular weight excluding hydrogens is 276 g/mol. The van der Waals surface area contributed by atoms with Crippen LogP contribution in [0.25, 0.3) is 0 Å². The molecule has 0 spiro atoms. The number of anilines is 1. The standard InChI is InChI=1S/C18H18N2O2/c1-2-13-7-6-10-15(11-13)19-18(21)17-12-16(20-22-17)14-8-4-3-5-9-14/h3-11,17H,2,12H2,1H3,(H,19,21)/t17-/m1/s1. The number of amides is 1. The van der Waals surface area contributed by atoms with E-state index in [-0.39, 0.29) is 5.91 Å². The number of hydrogen-bond donors (Lipinski definition) is 1. The Morgan fingerprint density at radius 2 is 2.05 bits per heavy atom. The number of nitrogens with one attached hydrogen (secondary N) is 1. The van der Waals surface area contributed by atoms with Crippen molar-refractivity contribution in [3.8, 4) is 0 Å². The van der Waals surface area contributed by atoms with Crippen LogP contribution in [0.4, 0.5) is 5.69 Å². The van der Waals surface area contributed by atoms with E-state index in [1.807, 2.05) is 54.6 Å². The fraction of sp³-hybridized carbons (Fsp3) is 0.222. The molecule has 0 bridgehead atoms. The summed E-state index contributed by atoms with van der Waals surface area (Å²) in [5.41, 5.74) is 3.78. The number of benzene rings is 2. The summed E-state index contributed by atoms with van der Waals surface area (Å²) in [5, 5.41) is 6.93. The van der Waals surface area contributed by atoms with E-state index in [1.165, 1.54) is 5.56 Å². The first kappa shape index (κ1) is 14.3. The second-order valence-electron chi connectivity index (χ2n) is 5.25. The molecule has 3 rings (SSSR count). The molecule has 0 radical (unpaired) electrons. The summed E-state index contributed by atoms with van der Waals surface area (Å²) in [6.45, 7) is 2.08. The van der Waals surface area contributed by atoms with Crippen LogP contribution < -0.4 is 5.32 Å². The predicted octanol–water partition coefficient (Wildman–Crippen LogP) is 3.38. The van der Waals surface area contributed by atoms with Crippen LogP contribution in [0.3, 0.4) is 0 Å². The van der Waals surface area contributed by atoms with Crippen LogP contribution in [-0.2, 0) is 16.1 Å². The smallest absolute Gasteiger partial charge is 0.268 e. The summed E-state index contributed by atoms with van der Waals surface area (Å²) in [6.07, 6.45) is 0.856. The monoisotopic (exact) mass is 294 g/mol. The van der Waals surface area contributed by atoms with Crippen molar-refractivity contribution in [2.24, 2.45) is 5.16 Å². The maximum absolute atomic E-state index is 12.3. The molecule has 4 nitrogen and oxygen atoms in total. The lowest BCUT2D eigenvalue weighted by Crippen LogP contribution is -2.28. The first-order chi connectivity index (χ1) is 10.8. The van der Waals surface area contributed by atoms with E-state index >= 15 is 0 Å². The van der Waals surface area contributed by atoms with E-state index in [0.29, 0.717) is 6.42 Å². The van der Waals surface area contributed by atoms with Crippen molar-refractivity contribution in [1.29, 1.82) is 0 Å². The molecule has 1 atom stereocenters. The van der Waals surface area contributed by atoms with Gasteiger partial charge >= 0.3 is 0 Å². The van der Waals surface area contributed by atoms with Crippen molar-refractivity contribution in [3.05, 3.63) is 65.7 Å². The summed E-state index contributed by atoms with van der Waals surface area (Å²) in [4.78, 5) is 17.6. The van der Waals surface area contributed by atoms with Crippen molar-refractivity contribution in [1.82, 2.24) is 0 Å². The van der Waals surface area contributed by atoms with Crippen LogP contribution in [0.5, 0.6) is 0 Å². The quantitative estimate of drug-likeness (QED) is 0.939. The van der Waals surface area contributed by atoms with Crippen molar-refractivity contribution in [3.63, 3.8) is 0 Å². The molecule has 0 aromatic heterocycles.